The van der Waals surface area contributed by atoms with Gasteiger partial charge in [0.1, 0.15) is 12.4 Å². The van der Waals surface area contributed by atoms with Crippen molar-refractivity contribution in [2.24, 2.45) is 5.92 Å². The fourth-order valence-electron chi connectivity index (χ4n) is 1.67. The van der Waals surface area contributed by atoms with Gasteiger partial charge in [-0.3, -0.25) is 4.79 Å². The summed E-state index contributed by atoms with van der Waals surface area (Å²) in [5, 5.41) is 11.4. The Bertz CT molecular complexity index is 530. The zero-order chi connectivity index (χ0) is 13.1. The first kappa shape index (κ1) is 12.6. The van der Waals surface area contributed by atoms with Crippen LogP contribution in [0.25, 0.3) is 0 Å². The highest BCUT2D eigenvalue weighted by molar-refractivity contribution is 5.94. The van der Waals surface area contributed by atoms with E-state index < -0.39 is 5.82 Å². The molecule has 0 spiro atoms. The van der Waals surface area contributed by atoms with Crippen LogP contribution in [0.3, 0.4) is 0 Å². The minimum Gasteiger partial charge on any atom is -0.384 e. The van der Waals surface area contributed by atoms with Crippen LogP contribution in [0.2, 0.25) is 0 Å². The summed E-state index contributed by atoms with van der Waals surface area (Å²) in [5.74, 6) is 4.55. The van der Waals surface area contributed by atoms with Crippen molar-refractivity contribution in [3.8, 4) is 11.8 Å². The third-order valence-electron chi connectivity index (χ3n) is 2.96. The summed E-state index contributed by atoms with van der Waals surface area (Å²) in [6, 6.07) is 4.37. The predicted octanol–water partition coefficient (Wildman–Crippen LogP) is 1.31. The van der Waals surface area contributed by atoms with E-state index in [9.17, 15) is 9.18 Å². The molecular weight excluding hydrogens is 233 g/mol. The molecule has 0 radical (unpaired) electrons. The second-order valence-corrected chi connectivity index (χ2v) is 4.45. The third kappa shape index (κ3) is 2.88. The minimum absolute atomic E-state index is 0.181. The SMILES string of the molecule is CC1CC1NC(=O)c1ccc(C#CCO)c(F)c1. The average Bonchev–Trinajstić information content (AvgIpc) is 3.03. The van der Waals surface area contributed by atoms with Gasteiger partial charge in [0, 0.05) is 11.6 Å². The standard InChI is InChI=1S/C14H14FNO2/c1-9-7-13(9)16-14(18)11-5-4-10(3-2-6-17)12(15)8-11/h4-5,8-9,13,17H,6-7H2,1H3,(H,16,18). The van der Waals surface area contributed by atoms with Crippen molar-refractivity contribution in [1.82, 2.24) is 5.32 Å². The molecule has 94 valence electrons. The Morgan fingerprint density at radius 1 is 1.61 bits per heavy atom. The Hall–Kier alpha value is -1.86. The first-order valence-electron chi connectivity index (χ1n) is 5.82. The van der Waals surface area contributed by atoms with Crippen LogP contribution in [0.15, 0.2) is 18.2 Å². The number of carbonyl (C=O) groups excluding carboxylic acids is 1. The first-order valence-corrected chi connectivity index (χ1v) is 5.82. The number of aliphatic hydroxyl groups excluding tert-OH is 1. The number of amides is 1. The van der Waals surface area contributed by atoms with Crippen molar-refractivity contribution < 1.29 is 14.3 Å². The summed E-state index contributed by atoms with van der Waals surface area (Å²) in [7, 11) is 0. The number of halogens is 1. The lowest BCUT2D eigenvalue weighted by molar-refractivity contribution is 0.0949. The molecule has 0 bridgehead atoms. The second kappa shape index (κ2) is 5.19. The van der Waals surface area contributed by atoms with E-state index in [1.807, 2.05) is 0 Å². The summed E-state index contributed by atoms with van der Waals surface area (Å²) >= 11 is 0. The number of hydrogen-bond acceptors (Lipinski definition) is 2. The van der Waals surface area contributed by atoms with Gasteiger partial charge >= 0.3 is 0 Å². The number of rotatable bonds is 2. The van der Waals surface area contributed by atoms with Gasteiger partial charge in [-0.15, -0.1) is 0 Å². The van der Waals surface area contributed by atoms with Crippen LogP contribution in [0.1, 0.15) is 29.3 Å². The molecule has 0 heterocycles. The molecule has 1 aromatic rings. The number of nitrogens with one attached hydrogen (secondary N) is 1. The zero-order valence-electron chi connectivity index (χ0n) is 10.0. The summed E-state index contributed by atoms with van der Waals surface area (Å²) in [6.07, 6.45) is 0.980. The minimum atomic E-state index is -0.549. The largest absolute Gasteiger partial charge is 0.384 e. The molecule has 1 amide bonds. The van der Waals surface area contributed by atoms with Crippen molar-refractivity contribution in [3.05, 3.63) is 35.1 Å². The van der Waals surface area contributed by atoms with E-state index in [1.165, 1.54) is 18.2 Å². The summed E-state index contributed by atoms with van der Waals surface area (Å²) < 4.78 is 13.6. The van der Waals surface area contributed by atoms with Crippen LogP contribution >= 0.6 is 0 Å². The van der Waals surface area contributed by atoms with Crippen molar-refractivity contribution in [2.45, 2.75) is 19.4 Å². The second-order valence-electron chi connectivity index (χ2n) is 4.45. The van der Waals surface area contributed by atoms with Gasteiger partial charge < -0.3 is 10.4 Å². The zero-order valence-corrected chi connectivity index (χ0v) is 10.0. The molecule has 0 aliphatic heterocycles. The Balaban J connectivity index is 2.10. The van der Waals surface area contributed by atoms with E-state index in [0.29, 0.717) is 11.5 Å². The Kier molecular flexibility index (Phi) is 3.63. The predicted molar refractivity (Wildman–Crippen MR) is 65.4 cm³/mol. The molecule has 0 saturated heterocycles. The van der Waals surface area contributed by atoms with Gasteiger partial charge in [0.15, 0.2) is 0 Å². The molecule has 2 unspecified atom stereocenters. The quantitative estimate of drug-likeness (QED) is 0.774. The van der Waals surface area contributed by atoms with Crippen LogP contribution in [0.5, 0.6) is 0 Å². The van der Waals surface area contributed by atoms with E-state index >= 15 is 0 Å². The third-order valence-corrected chi connectivity index (χ3v) is 2.96. The summed E-state index contributed by atoms with van der Waals surface area (Å²) in [6.45, 7) is 1.74. The molecule has 1 aliphatic rings. The van der Waals surface area contributed by atoms with Crippen LogP contribution in [-0.4, -0.2) is 23.7 Å². The molecule has 1 saturated carbocycles. The Morgan fingerprint density at radius 2 is 2.33 bits per heavy atom. The molecule has 4 heteroatoms. The summed E-state index contributed by atoms with van der Waals surface area (Å²) in [5.41, 5.74) is 0.474. The smallest absolute Gasteiger partial charge is 0.251 e. The van der Waals surface area contributed by atoms with Crippen molar-refractivity contribution in [1.29, 1.82) is 0 Å². The molecule has 3 nitrogen and oxygen atoms in total. The van der Waals surface area contributed by atoms with Gasteiger partial charge in [0.25, 0.3) is 5.91 Å². The highest BCUT2D eigenvalue weighted by Gasteiger charge is 2.34. The van der Waals surface area contributed by atoms with Crippen LogP contribution in [0.4, 0.5) is 4.39 Å². The van der Waals surface area contributed by atoms with E-state index in [4.69, 9.17) is 5.11 Å². The Morgan fingerprint density at radius 3 is 2.89 bits per heavy atom. The van der Waals surface area contributed by atoms with E-state index in [2.05, 4.69) is 24.1 Å². The molecule has 18 heavy (non-hydrogen) atoms. The van der Waals surface area contributed by atoms with Crippen LogP contribution in [0, 0.1) is 23.6 Å². The molecule has 2 rings (SSSR count). The lowest BCUT2D eigenvalue weighted by atomic mass is 10.1. The maximum absolute atomic E-state index is 13.6. The molecule has 2 N–H and O–H groups in total. The maximum atomic E-state index is 13.6. The van der Waals surface area contributed by atoms with Gasteiger partial charge in [-0.25, -0.2) is 4.39 Å². The summed E-state index contributed by atoms with van der Waals surface area (Å²) in [4.78, 5) is 11.8. The normalized spacial score (nSPS) is 20.8. The highest BCUT2D eigenvalue weighted by Crippen LogP contribution is 2.29. The molecule has 2 atom stereocenters. The van der Waals surface area contributed by atoms with E-state index in [1.54, 1.807) is 0 Å². The lowest BCUT2D eigenvalue weighted by Crippen LogP contribution is -2.26. The number of aliphatic hydroxyl groups is 1. The van der Waals surface area contributed by atoms with Gasteiger partial charge in [-0.05, 0) is 30.5 Å². The molecule has 1 aromatic carbocycles. The van der Waals surface area contributed by atoms with Gasteiger partial charge in [0.05, 0.1) is 5.56 Å². The molecule has 0 aromatic heterocycles. The van der Waals surface area contributed by atoms with Crippen molar-refractivity contribution in [3.63, 3.8) is 0 Å². The topological polar surface area (TPSA) is 49.3 Å². The maximum Gasteiger partial charge on any atom is 0.251 e. The van der Waals surface area contributed by atoms with Crippen molar-refractivity contribution >= 4 is 5.91 Å². The number of benzene rings is 1. The van der Waals surface area contributed by atoms with Crippen molar-refractivity contribution in [2.75, 3.05) is 6.61 Å². The van der Waals surface area contributed by atoms with Gasteiger partial charge in [0.2, 0.25) is 0 Å². The van der Waals surface area contributed by atoms with Crippen LogP contribution in [-0.2, 0) is 0 Å². The fourth-order valence-corrected chi connectivity index (χ4v) is 1.67. The lowest BCUT2D eigenvalue weighted by Gasteiger charge is -2.04. The number of hydrogen-bond donors (Lipinski definition) is 2. The fraction of sp³-hybridized carbons (Fsp3) is 0.357. The monoisotopic (exact) mass is 247 g/mol. The van der Waals surface area contributed by atoms with Crippen LogP contribution < -0.4 is 5.32 Å². The molecule has 1 aliphatic carbocycles. The van der Waals surface area contributed by atoms with Gasteiger partial charge in [-0.2, -0.15) is 0 Å². The van der Waals surface area contributed by atoms with E-state index in [-0.39, 0.29) is 24.1 Å². The number of carbonyl (C=O) groups is 1. The Labute approximate surface area is 105 Å². The highest BCUT2D eigenvalue weighted by atomic mass is 19.1. The first-order chi connectivity index (χ1) is 8.61. The van der Waals surface area contributed by atoms with Gasteiger partial charge in [-0.1, -0.05) is 18.8 Å². The van der Waals surface area contributed by atoms with E-state index in [0.717, 1.165) is 6.42 Å². The molecule has 1 fully saturated rings. The molecular formula is C14H14FNO2. The average molecular weight is 247 g/mol.